The quantitative estimate of drug-likeness (QED) is 0.326. The number of nitrogens with zero attached hydrogens (tertiary/aromatic N) is 1. The van der Waals surface area contributed by atoms with Gasteiger partial charge in [0.2, 0.25) is 6.29 Å². The van der Waals surface area contributed by atoms with Crippen LogP contribution in [-0.2, 0) is 14.4 Å². The SMILES string of the molecule is CN(C)C(=O)C(O)O.NC[C@H]1CC[C@H](C(=O)O)CC1.NC[C@H]1CC[C@H](C(=O)O)CC1. The van der Waals surface area contributed by atoms with E-state index in [1.54, 1.807) is 0 Å². The zero-order chi connectivity index (χ0) is 23.3. The maximum Gasteiger partial charge on any atom is 0.306 e. The van der Waals surface area contributed by atoms with Crippen molar-refractivity contribution in [1.82, 2.24) is 4.90 Å². The third kappa shape index (κ3) is 11.4. The van der Waals surface area contributed by atoms with Gasteiger partial charge in [-0.1, -0.05) is 0 Å². The van der Waals surface area contributed by atoms with E-state index in [1.807, 2.05) is 0 Å². The molecule has 2 saturated carbocycles. The Morgan fingerprint density at radius 3 is 1.20 bits per heavy atom. The minimum Gasteiger partial charge on any atom is -0.481 e. The second-order valence-electron chi connectivity index (χ2n) is 8.19. The van der Waals surface area contributed by atoms with Gasteiger partial charge in [-0.3, -0.25) is 14.4 Å². The molecule has 0 aromatic rings. The number of hydrogen-bond donors (Lipinski definition) is 6. The molecule has 0 spiro atoms. The maximum absolute atomic E-state index is 10.5. The lowest BCUT2D eigenvalue weighted by molar-refractivity contribution is -0.156. The molecule has 2 fully saturated rings. The Bertz CT molecular complexity index is 469. The van der Waals surface area contributed by atoms with Crippen LogP contribution in [0.3, 0.4) is 0 Å². The molecule has 0 heterocycles. The Morgan fingerprint density at radius 2 is 1.07 bits per heavy atom. The van der Waals surface area contributed by atoms with E-state index >= 15 is 0 Å². The molecule has 0 bridgehead atoms. The van der Waals surface area contributed by atoms with Gasteiger partial charge < -0.3 is 36.8 Å². The van der Waals surface area contributed by atoms with Crippen LogP contribution in [0.15, 0.2) is 0 Å². The van der Waals surface area contributed by atoms with E-state index in [0.717, 1.165) is 56.3 Å². The van der Waals surface area contributed by atoms with Gasteiger partial charge in [0, 0.05) is 14.1 Å². The average molecular weight is 434 g/mol. The smallest absolute Gasteiger partial charge is 0.306 e. The summed E-state index contributed by atoms with van der Waals surface area (Å²) < 4.78 is 0. The molecule has 2 aliphatic rings. The molecule has 1 amide bonds. The molecule has 0 aromatic heterocycles. The molecule has 0 aliphatic heterocycles. The molecule has 176 valence electrons. The molecule has 30 heavy (non-hydrogen) atoms. The fraction of sp³-hybridized carbons (Fsp3) is 0.850. The summed E-state index contributed by atoms with van der Waals surface area (Å²) in [4.78, 5) is 32.4. The van der Waals surface area contributed by atoms with Crippen LogP contribution >= 0.6 is 0 Å². The van der Waals surface area contributed by atoms with Crippen molar-refractivity contribution in [1.29, 1.82) is 0 Å². The second kappa shape index (κ2) is 15.1. The van der Waals surface area contributed by atoms with E-state index in [9.17, 15) is 14.4 Å². The minimum absolute atomic E-state index is 0.0993. The zero-order valence-electron chi connectivity index (χ0n) is 18.1. The highest BCUT2D eigenvalue weighted by Crippen LogP contribution is 2.28. The number of carboxylic acid groups (broad SMARTS) is 2. The van der Waals surface area contributed by atoms with Gasteiger partial charge in [-0.25, -0.2) is 0 Å². The topological polar surface area (TPSA) is 187 Å². The summed E-state index contributed by atoms with van der Waals surface area (Å²) in [5.41, 5.74) is 11.0. The van der Waals surface area contributed by atoms with E-state index in [0.29, 0.717) is 24.9 Å². The fourth-order valence-corrected chi connectivity index (χ4v) is 3.52. The fourth-order valence-electron chi connectivity index (χ4n) is 3.52. The molecule has 0 saturated heterocycles. The summed E-state index contributed by atoms with van der Waals surface area (Å²) in [6, 6.07) is 0. The van der Waals surface area contributed by atoms with Gasteiger partial charge in [0.15, 0.2) is 0 Å². The highest BCUT2D eigenvalue weighted by molar-refractivity contribution is 5.78. The predicted molar refractivity (Wildman–Crippen MR) is 111 cm³/mol. The number of likely N-dealkylation sites (N-methyl/N-ethyl adjacent to an activating group) is 1. The number of aliphatic hydroxyl groups excluding tert-OH is 1. The standard InChI is InChI=1S/2C8H15NO2.C4H9NO3/c2*9-5-6-1-3-7(4-2-6)8(10)11;1-5(2)3(6)4(7)8/h2*6-7H,1-5,9H2,(H,10,11);4,7-8H,1-2H3/t2*6-,7-;. The van der Waals surface area contributed by atoms with Crippen LogP contribution < -0.4 is 11.5 Å². The van der Waals surface area contributed by atoms with Crippen molar-refractivity contribution in [3.8, 4) is 0 Å². The second-order valence-corrected chi connectivity index (χ2v) is 8.19. The molecule has 0 radical (unpaired) electrons. The summed E-state index contributed by atoms with van der Waals surface area (Å²) in [6.45, 7) is 1.43. The Hall–Kier alpha value is -1.75. The third-order valence-electron chi connectivity index (χ3n) is 5.72. The third-order valence-corrected chi connectivity index (χ3v) is 5.72. The average Bonchev–Trinajstić information content (AvgIpc) is 2.73. The molecule has 2 aliphatic carbocycles. The van der Waals surface area contributed by atoms with Crippen LogP contribution in [0.4, 0.5) is 0 Å². The lowest BCUT2D eigenvalue weighted by Crippen LogP contribution is -2.32. The molecule has 0 unspecified atom stereocenters. The highest BCUT2D eigenvalue weighted by Gasteiger charge is 2.25. The van der Waals surface area contributed by atoms with Crippen molar-refractivity contribution >= 4 is 17.8 Å². The van der Waals surface area contributed by atoms with Gasteiger partial charge >= 0.3 is 11.9 Å². The maximum atomic E-state index is 10.5. The van der Waals surface area contributed by atoms with E-state index in [1.165, 1.54) is 14.1 Å². The Balaban J connectivity index is 0.000000428. The monoisotopic (exact) mass is 433 g/mol. The van der Waals surface area contributed by atoms with Crippen LogP contribution in [0, 0.1) is 23.7 Å². The van der Waals surface area contributed by atoms with Gasteiger partial charge in [-0.2, -0.15) is 0 Å². The lowest BCUT2D eigenvalue weighted by Gasteiger charge is -2.24. The van der Waals surface area contributed by atoms with Gasteiger partial charge in [-0.05, 0) is 76.3 Å². The van der Waals surface area contributed by atoms with Crippen molar-refractivity contribution in [2.24, 2.45) is 35.1 Å². The van der Waals surface area contributed by atoms with Crippen molar-refractivity contribution < 1.29 is 34.8 Å². The van der Waals surface area contributed by atoms with Crippen LogP contribution in [0.5, 0.6) is 0 Å². The molecular formula is C20H39N3O7. The molecular weight excluding hydrogens is 394 g/mol. The first kappa shape index (κ1) is 28.2. The van der Waals surface area contributed by atoms with Gasteiger partial charge in [0.05, 0.1) is 11.8 Å². The molecule has 0 aromatic carbocycles. The number of nitrogens with two attached hydrogens (primary N) is 2. The zero-order valence-corrected chi connectivity index (χ0v) is 18.1. The number of carbonyl (C=O) groups is 3. The summed E-state index contributed by atoms with van der Waals surface area (Å²) >= 11 is 0. The van der Waals surface area contributed by atoms with Crippen LogP contribution in [0.1, 0.15) is 51.4 Å². The Labute approximate surface area is 178 Å². The first-order valence-corrected chi connectivity index (χ1v) is 10.5. The van der Waals surface area contributed by atoms with Crippen LogP contribution in [-0.4, -0.2) is 76.6 Å². The first-order valence-electron chi connectivity index (χ1n) is 10.5. The Kier molecular flexibility index (Phi) is 14.2. The number of carbonyl (C=O) groups excluding carboxylic acids is 1. The molecule has 10 nitrogen and oxygen atoms in total. The number of aliphatic hydroxyl groups is 2. The van der Waals surface area contributed by atoms with Crippen molar-refractivity contribution in [2.45, 2.75) is 57.7 Å². The van der Waals surface area contributed by atoms with E-state index < -0.39 is 24.1 Å². The predicted octanol–water partition coefficient (Wildman–Crippen LogP) is 0.0575. The minimum atomic E-state index is -1.87. The molecule has 8 N–H and O–H groups in total. The normalized spacial score (nSPS) is 25.8. The van der Waals surface area contributed by atoms with Gasteiger partial charge in [0.1, 0.15) is 0 Å². The summed E-state index contributed by atoms with van der Waals surface area (Å²) in [6.07, 6.45) is 5.37. The van der Waals surface area contributed by atoms with Gasteiger partial charge in [0.25, 0.3) is 5.91 Å². The van der Waals surface area contributed by atoms with E-state index in [2.05, 4.69) is 0 Å². The van der Waals surface area contributed by atoms with Crippen molar-refractivity contribution in [3.05, 3.63) is 0 Å². The summed E-state index contributed by atoms with van der Waals surface area (Å²) in [5.74, 6) is -1.03. The summed E-state index contributed by atoms with van der Waals surface area (Å²) in [5, 5.41) is 33.6. The number of carboxylic acids is 2. The largest absolute Gasteiger partial charge is 0.481 e. The highest BCUT2D eigenvalue weighted by atomic mass is 16.5. The number of amides is 1. The number of aliphatic carboxylic acids is 2. The summed E-state index contributed by atoms with van der Waals surface area (Å²) in [7, 11) is 2.89. The van der Waals surface area contributed by atoms with Crippen LogP contribution in [0.25, 0.3) is 0 Å². The Morgan fingerprint density at radius 1 is 0.767 bits per heavy atom. The van der Waals surface area contributed by atoms with Crippen molar-refractivity contribution in [3.63, 3.8) is 0 Å². The first-order chi connectivity index (χ1) is 14.0. The molecule has 0 atom stereocenters. The van der Waals surface area contributed by atoms with Crippen LogP contribution in [0.2, 0.25) is 0 Å². The van der Waals surface area contributed by atoms with Gasteiger partial charge in [-0.15, -0.1) is 0 Å². The van der Waals surface area contributed by atoms with E-state index in [-0.39, 0.29) is 11.8 Å². The molecule has 2 rings (SSSR count). The number of rotatable bonds is 5. The van der Waals surface area contributed by atoms with Crippen molar-refractivity contribution in [2.75, 3.05) is 27.2 Å². The van der Waals surface area contributed by atoms with E-state index in [4.69, 9.17) is 31.9 Å². The number of hydrogen-bond acceptors (Lipinski definition) is 7. The molecule has 10 heteroatoms. The lowest BCUT2D eigenvalue weighted by atomic mass is 9.82.